The van der Waals surface area contributed by atoms with E-state index in [1.165, 1.54) is 12.8 Å². The lowest BCUT2D eigenvalue weighted by Gasteiger charge is -2.06. The Balaban J connectivity index is 2.06. The van der Waals surface area contributed by atoms with Gasteiger partial charge >= 0.3 is 0 Å². The number of aromatic nitrogens is 2. The van der Waals surface area contributed by atoms with E-state index < -0.39 is 0 Å². The summed E-state index contributed by atoms with van der Waals surface area (Å²) in [5.41, 5.74) is 4.72. The Morgan fingerprint density at radius 3 is 2.53 bits per heavy atom. The fourth-order valence-corrected chi connectivity index (χ4v) is 1.84. The summed E-state index contributed by atoms with van der Waals surface area (Å²) in [5, 5.41) is 0. The summed E-state index contributed by atoms with van der Waals surface area (Å²) in [4.78, 5) is 8.99. The van der Waals surface area contributed by atoms with Crippen molar-refractivity contribution in [3.63, 3.8) is 0 Å². The van der Waals surface area contributed by atoms with E-state index >= 15 is 0 Å². The molecule has 0 saturated heterocycles. The fraction of sp³-hybridized carbons (Fsp3) is 0.231. The van der Waals surface area contributed by atoms with Crippen molar-refractivity contribution in [1.82, 2.24) is 9.97 Å². The summed E-state index contributed by atoms with van der Waals surface area (Å²) in [5.74, 6) is 7.46. The van der Waals surface area contributed by atoms with E-state index in [9.17, 15) is 0 Å². The van der Waals surface area contributed by atoms with Crippen LogP contribution in [0.1, 0.15) is 24.5 Å². The fourth-order valence-electron chi connectivity index (χ4n) is 1.84. The predicted octanol–water partition coefficient (Wildman–Crippen LogP) is 2.31. The molecule has 0 aliphatic heterocycles. The van der Waals surface area contributed by atoms with Crippen molar-refractivity contribution in [2.75, 3.05) is 5.43 Å². The van der Waals surface area contributed by atoms with Crippen LogP contribution < -0.4 is 11.3 Å². The number of benzene rings is 1. The average molecular weight is 226 g/mol. The van der Waals surface area contributed by atoms with Crippen molar-refractivity contribution >= 4 is 5.82 Å². The van der Waals surface area contributed by atoms with Crippen LogP contribution in [0.25, 0.3) is 11.4 Å². The van der Waals surface area contributed by atoms with Gasteiger partial charge < -0.3 is 5.43 Å². The Hall–Kier alpha value is -1.94. The zero-order chi connectivity index (χ0) is 11.7. The SMILES string of the molecule is NNc1cc(C2CC2)nc(-c2ccccc2)n1. The van der Waals surface area contributed by atoms with Crippen molar-refractivity contribution in [1.29, 1.82) is 0 Å². The molecule has 0 atom stereocenters. The number of rotatable bonds is 3. The minimum Gasteiger partial charge on any atom is -0.308 e. The molecule has 0 bridgehead atoms. The van der Waals surface area contributed by atoms with E-state index in [1.807, 2.05) is 36.4 Å². The second kappa shape index (κ2) is 4.14. The number of nitrogens with one attached hydrogen (secondary N) is 1. The van der Waals surface area contributed by atoms with Crippen LogP contribution in [0.2, 0.25) is 0 Å². The molecule has 1 aromatic heterocycles. The number of anilines is 1. The molecule has 1 heterocycles. The standard InChI is InChI=1S/C13H14N4/c14-17-12-8-11(9-6-7-9)15-13(16-12)10-4-2-1-3-5-10/h1-5,8-9H,6-7,14H2,(H,15,16,17). The predicted molar refractivity (Wildman–Crippen MR) is 67.3 cm³/mol. The first kappa shape index (κ1) is 10.2. The normalized spacial score (nSPS) is 14.6. The summed E-state index contributed by atoms with van der Waals surface area (Å²) in [7, 11) is 0. The van der Waals surface area contributed by atoms with Crippen LogP contribution in [-0.2, 0) is 0 Å². The van der Waals surface area contributed by atoms with Crippen molar-refractivity contribution in [3.8, 4) is 11.4 Å². The third kappa shape index (κ3) is 2.12. The Morgan fingerprint density at radius 2 is 1.88 bits per heavy atom. The summed E-state index contributed by atoms with van der Waals surface area (Å²) < 4.78 is 0. The molecule has 17 heavy (non-hydrogen) atoms. The number of nitrogens with zero attached hydrogens (tertiary/aromatic N) is 2. The third-order valence-corrected chi connectivity index (χ3v) is 2.92. The highest BCUT2D eigenvalue weighted by atomic mass is 15.3. The Morgan fingerprint density at radius 1 is 1.12 bits per heavy atom. The Labute approximate surface area is 99.9 Å². The maximum absolute atomic E-state index is 5.45. The summed E-state index contributed by atoms with van der Waals surface area (Å²) in [6, 6.07) is 11.9. The van der Waals surface area contributed by atoms with E-state index in [4.69, 9.17) is 5.84 Å². The zero-order valence-corrected chi connectivity index (χ0v) is 9.43. The molecule has 1 aromatic carbocycles. The summed E-state index contributed by atoms with van der Waals surface area (Å²) in [6.45, 7) is 0. The molecule has 3 rings (SSSR count). The molecule has 1 fully saturated rings. The van der Waals surface area contributed by atoms with E-state index in [1.54, 1.807) is 0 Å². The zero-order valence-electron chi connectivity index (χ0n) is 9.43. The van der Waals surface area contributed by atoms with Crippen molar-refractivity contribution < 1.29 is 0 Å². The summed E-state index contributed by atoms with van der Waals surface area (Å²) in [6.07, 6.45) is 2.44. The van der Waals surface area contributed by atoms with Crippen LogP contribution in [0.4, 0.5) is 5.82 Å². The van der Waals surface area contributed by atoms with Gasteiger partial charge in [-0.2, -0.15) is 0 Å². The van der Waals surface area contributed by atoms with Crippen LogP contribution in [0.5, 0.6) is 0 Å². The molecule has 1 aliphatic rings. The van der Waals surface area contributed by atoms with Crippen LogP contribution >= 0.6 is 0 Å². The quantitative estimate of drug-likeness (QED) is 0.622. The number of hydrazine groups is 1. The second-order valence-electron chi connectivity index (χ2n) is 4.29. The van der Waals surface area contributed by atoms with Gasteiger partial charge in [0, 0.05) is 23.2 Å². The van der Waals surface area contributed by atoms with E-state index in [0.29, 0.717) is 11.7 Å². The Kier molecular flexibility index (Phi) is 2.49. The van der Waals surface area contributed by atoms with Gasteiger partial charge in [0.1, 0.15) is 5.82 Å². The first-order chi connectivity index (χ1) is 8.36. The molecule has 2 aromatic rings. The summed E-state index contributed by atoms with van der Waals surface area (Å²) >= 11 is 0. The van der Waals surface area contributed by atoms with Crippen LogP contribution in [0.3, 0.4) is 0 Å². The lowest BCUT2D eigenvalue weighted by atomic mass is 10.2. The van der Waals surface area contributed by atoms with Crippen molar-refractivity contribution in [3.05, 3.63) is 42.1 Å². The van der Waals surface area contributed by atoms with Gasteiger partial charge in [-0.15, -0.1) is 0 Å². The highest BCUT2D eigenvalue weighted by Gasteiger charge is 2.26. The van der Waals surface area contributed by atoms with E-state index in [2.05, 4.69) is 15.4 Å². The monoisotopic (exact) mass is 226 g/mol. The first-order valence-electron chi connectivity index (χ1n) is 5.78. The highest BCUT2D eigenvalue weighted by Crippen LogP contribution is 2.40. The van der Waals surface area contributed by atoms with Crippen molar-refractivity contribution in [2.45, 2.75) is 18.8 Å². The Bertz CT molecular complexity index is 520. The third-order valence-electron chi connectivity index (χ3n) is 2.92. The molecule has 4 nitrogen and oxygen atoms in total. The maximum atomic E-state index is 5.45. The largest absolute Gasteiger partial charge is 0.308 e. The molecule has 0 spiro atoms. The van der Waals surface area contributed by atoms with Gasteiger partial charge in [-0.1, -0.05) is 30.3 Å². The first-order valence-corrected chi connectivity index (χ1v) is 5.78. The van der Waals surface area contributed by atoms with Gasteiger partial charge in [-0.05, 0) is 12.8 Å². The highest BCUT2D eigenvalue weighted by molar-refractivity contribution is 5.57. The van der Waals surface area contributed by atoms with Gasteiger partial charge in [0.05, 0.1) is 0 Å². The van der Waals surface area contributed by atoms with Gasteiger partial charge in [-0.25, -0.2) is 15.8 Å². The van der Waals surface area contributed by atoms with Gasteiger partial charge in [0.15, 0.2) is 5.82 Å². The van der Waals surface area contributed by atoms with E-state index in [-0.39, 0.29) is 0 Å². The molecule has 1 saturated carbocycles. The van der Waals surface area contributed by atoms with Gasteiger partial charge in [0.25, 0.3) is 0 Å². The minimum atomic E-state index is 0.590. The lowest BCUT2D eigenvalue weighted by Crippen LogP contribution is -2.10. The minimum absolute atomic E-state index is 0.590. The van der Waals surface area contributed by atoms with Crippen LogP contribution in [-0.4, -0.2) is 9.97 Å². The van der Waals surface area contributed by atoms with Crippen LogP contribution in [0.15, 0.2) is 36.4 Å². The average Bonchev–Trinajstić information content (AvgIpc) is 3.23. The lowest BCUT2D eigenvalue weighted by molar-refractivity contribution is 0.991. The molecule has 4 heteroatoms. The number of nitrogen functional groups attached to an aromatic ring is 1. The van der Waals surface area contributed by atoms with E-state index in [0.717, 1.165) is 17.1 Å². The molecule has 0 radical (unpaired) electrons. The molecule has 0 amide bonds. The topological polar surface area (TPSA) is 63.8 Å². The van der Waals surface area contributed by atoms with Gasteiger partial charge in [0.2, 0.25) is 0 Å². The maximum Gasteiger partial charge on any atom is 0.161 e. The van der Waals surface area contributed by atoms with Gasteiger partial charge in [-0.3, -0.25) is 0 Å². The molecular formula is C13H14N4. The van der Waals surface area contributed by atoms with Crippen LogP contribution in [0, 0.1) is 0 Å². The molecule has 86 valence electrons. The molecule has 1 aliphatic carbocycles. The smallest absolute Gasteiger partial charge is 0.161 e. The molecule has 0 unspecified atom stereocenters. The van der Waals surface area contributed by atoms with Crippen molar-refractivity contribution in [2.24, 2.45) is 5.84 Å². The molecular weight excluding hydrogens is 212 g/mol. The number of hydrogen-bond acceptors (Lipinski definition) is 4. The molecule has 3 N–H and O–H groups in total. The second-order valence-corrected chi connectivity index (χ2v) is 4.29. The number of hydrogen-bond donors (Lipinski definition) is 2. The number of nitrogens with two attached hydrogens (primary N) is 1.